The molecule has 3 rings (SSSR count). The molecule has 0 aromatic heterocycles. The summed E-state index contributed by atoms with van der Waals surface area (Å²) in [6.45, 7) is 0.0858. The molecule has 0 fully saturated rings. The van der Waals surface area contributed by atoms with Crippen LogP contribution >= 0.6 is 27.5 Å². The van der Waals surface area contributed by atoms with Crippen molar-refractivity contribution in [2.75, 3.05) is 0 Å². The highest BCUT2D eigenvalue weighted by molar-refractivity contribution is 9.10. The molecule has 0 aliphatic heterocycles. The van der Waals surface area contributed by atoms with Crippen molar-refractivity contribution >= 4 is 38.3 Å². The Morgan fingerprint density at radius 3 is 2.62 bits per heavy atom. The minimum atomic E-state index is -0.362. The van der Waals surface area contributed by atoms with Crippen molar-refractivity contribution in [3.05, 3.63) is 75.5 Å². The van der Waals surface area contributed by atoms with Crippen molar-refractivity contribution in [3.8, 4) is 5.75 Å². The third-order valence-electron chi connectivity index (χ3n) is 3.26. The molecule has 0 radical (unpaired) electrons. The van der Waals surface area contributed by atoms with E-state index in [2.05, 4.69) is 15.9 Å². The molecule has 3 aromatic rings. The van der Waals surface area contributed by atoms with Gasteiger partial charge in [0.15, 0.2) is 0 Å². The maximum atomic E-state index is 13.7. The summed E-state index contributed by atoms with van der Waals surface area (Å²) in [5.74, 6) is 0.299. The first kappa shape index (κ1) is 14.4. The van der Waals surface area contributed by atoms with Crippen LogP contribution in [0.5, 0.6) is 5.75 Å². The van der Waals surface area contributed by atoms with Gasteiger partial charge in [0.25, 0.3) is 0 Å². The second-order valence-electron chi connectivity index (χ2n) is 4.59. The highest BCUT2D eigenvalue weighted by Gasteiger charge is 2.10. The van der Waals surface area contributed by atoms with Gasteiger partial charge in [0.05, 0.1) is 9.50 Å². The summed E-state index contributed by atoms with van der Waals surface area (Å²) >= 11 is 9.54. The van der Waals surface area contributed by atoms with Crippen LogP contribution in [0.15, 0.2) is 59.1 Å². The number of fused-ring (bicyclic) bond motifs is 1. The lowest BCUT2D eigenvalue weighted by atomic mass is 10.1. The molecule has 3 aromatic carbocycles. The van der Waals surface area contributed by atoms with Crippen LogP contribution in [0.25, 0.3) is 10.8 Å². The van der Waals surface area contributed by atoms with Gasteiger partial charge in [-0.15, -0.1) is 0 Å². The Labute approximate surface area is 135 Å². The van der Waals surface area contributed by atoms with Crippen molar-refractivity contribution < 1.29 is 9.13 Å². The van der Waals surface area contributed by atoms with Crippen LogP contribution in [-0.2, 0) is 6.61 Å². The summed E-state index contributed by atoms with van der Waals surface area (Å²) in [6.07, 6.45) is 0. The number of hydrogen-bond donors (Lipinski definition) is 0. The summed E-state index contributed by atoms with van der Waals surface area (Å²) in [5, 5.41) is 2.53. The van der Waals surface area contributed by atoms with Gasteiger partial charge in [0, 0.05) is 5.56 Å². The minimum absolute atomic E-state index is 0.0858. The first-order valence-electron chi connectivity index (χ1n) is 6.40. The Bertz CT molecular complexity index is 784. The van der Waals surface area contributed by atoms with Crippen molar-refractivity contribution in [1.82, 2.24) is 0 Å². The van der Waals surface area contributed by atoms with Gasteiger partial charge >= 0.3 is 0 Å². The molecule has 0 amide bonds. The first-order valence-corrected chi connectivity index (χ1v) is 7.57. The van der Waals surface area contributed by atoms with E-state index in [0.29, 0.717) is 16.3 Å². The Morgan fingerprint density at radius 2 is 1.81 bits per heavy atom. The number of hydrogen-bond acceptors (Lipinski definition) is 1. The molecular formula is C17H11BrClFO. The maximum absolute atomic E-state index is 13.7. The molecule has 0 saturated heterocycles. The van der Waals surface area contributed by atoms with Crippen LogP contribution in [0.4, 0.5) is 4.39 Å². The molecule has 1 nitrogen and oxygen atoms in total. The Balaban J connectivity index is 1.91. The molecule has 21 heavy (non-hydrogen) atoms. The van der Waals surface area contributed by atoms with E-state index in [1.54, 1.807) is 12.1 Å². The fraction of sp³-hybridized carbons (Fsp3) is 0.0588. The second-order valence-corrected chi connectivity index (χ2v) is 5.79. The monoisotopic (exact) mass is 364 g/mol. The summed E-state index contributed by atoms with van der Waals surface area (Å²) in [6, 6.07) is 16.4. The highest BCUT2D eigenvalue weighted by atomic mass is 79.9. The van der Waals surface area contributed by atoms with E-state index in [9.17, 15) is 4.39 Å². The molecule has 0 N–H and O–H groups in total. The number of benzene rings is 3. The predicted molar refractivity (Wildman–Crippen MR) is 87.4 cm³/mol. The molecule has 4 heteroatoms. The van der Waals surface area contributed by atoms with E-state index in [1.807, 2.05) is 36.4 Å². The molecule has 0 bridgehead atoms. The van der Waals surface area contributed by atoms with E-state index in [0.717, 1.165) is 15.2 Å². The SMILES string of the molecule is Fc1cccc(Cl)c1COc1ccc2ccccc2c1Br. The molecule has 0 aliphatic carbocycles. The average Bonchev–Trinajstić information content (AvgIpc) is 2.49. The summed E-state index contributed by atoms with van der Waals surface area (Å²) in [7, 11) is 0. The predicted octanol–water partition coefficient (Wildman–Crippen LogP) is 5.97. The van der Waals surface area contributed by atoms with E-state index in [1.165, 1.54) is 6.07 Å². The lowest BCUT2D eigenvalue weighted by Gasteiger charge is -2.12. The molecule has 0 unspecified atom stereocenters. The number of rotatable bonds is 3. The summed E-state index contributed by atoms with van der Waals surface area (Å²) in [5.41, 5.74) is 0.360. The fourth-order valence-corrected chi connectivity index (χ4v) is 2.97. The Kier molecular flexibility index (Phi) is 4.13. The summed E-state index contributed by atoms with van der Waals surface area (Å²) in [4.78, 5) is 0. The van der Waals surface area contributed by atoms with Crippen molar-refractivity contribution in [3.63, 3.8) is 0 Å². The zero-order valence-electron chi connectivity index (χ0n) is 10.9. The Hall–Kier alpha value is -1.58. The molecule has 0 atom stereocenters. The minimum Gasteiger partial charge on any atom is -0.488 e. The van der Waals surface area contributed by atoms with Gasteiger partial charge in [-0.05, 0) is 44.9 Å². The van der Waals surface area contributed by atoms with Crippen molar-refractivity contribution in [1.29, 1.82) is 0 Å². The van der Waals surface area contributed by atoms with Gasteiger partial charge in [-0.3, -0.25) is 0 Å². The topological polar surface area (TPSA) is 9.23 Å². The van der Waals surface area contributed by atoms with Gasteiger partial charge in [-0.1, -0.05) is 48.0 Å². The quantitative estimate of drug-likeness (QED) is 0.555. The third-order valence-corrected chi connectivity index (χ3v) is 4.43. The van der Waals surface area contributed by atoms with Crippen LogP contribution in [-0.4, -0.2) is 0 Å². The van der Waals surface area contributed by atoms with Crippen LogP contribution < -0.4 is 4.74 Å². The van der Waals surface area contributed by atoms with E-state index < -0.39 is 0 Å². The Morgan fingerprint density at radius 1 is 1.00 bits per heavy atom. The maximum Gasteiger partial charge on any atom is 0.134 e. The molecule has 106 valence electrons. The fourth-order valence-electron chi connectivity index (χ4n) is 2.15. The first-order chi connectivity index (χ1) is 10.2. The lowest BCUT2D eigenvalue weighted by Crippen LogP contribution is -2.00. The van der Waals surface area contributed by atoms with Gasteiger partial charge in [-0.2, -0.15) is 0 Å². The van der Waals surface area contributed by atoms with Gasteiger partial charge < -0.3 is 4.74 Å². The van der Waals surface area contributed by atoms with Crippen LogP contribution in [0.3, 0.4) is 0 Å². The zero-order valence-corrected chi connectivity index (χ0v) is 13.3. The second kappa shape index (κ2) is 6.04. The number of ether oxygens (including phenoxy) is 1. The zero-order chi connectivity index (χ0) is 14.8. The molecule has 0 aliphatic rings. The molecule has 0 spiro atoms. The lowest BCUT2D eigenvalue weighted by molar-refractivity contribution is 0.298. The molecular weight excluding hydrogens is 355 g/mol. The standard InChI is InChI=1S/C17H11BrClFO/c18-17-12-5-2-1-4-11(12)8-9-16(17)21-10-13-14(19)6-3-7-15(13)20/h1-9H,10H2. The van der Waals surface area contributed by atoms with Crippen LogP contribution in [0.1, 0.15) is 5.56 Å². The summed E-state index contributed by atoms with van der Waals surface area (Å²) < 4.78 is 20.3. The van der Waals surface area contributed by atoms with E-state index in [4.69, 9.17) is 16.3 Å². The molecule has 0 heterocycles. The third kappa shape index (κ3) is 2.89. The van der Waals surface area contributed by atoms with Gasteiger partial charge in [-0.25, -0.2) is 4.39 Å². The van der Waals surface area contributed by atoms with Crippen LogP contribution in [0.2, 0.25) is 5.02 Å². The van der Waals surface area contributed by atoms with E-state index in [-0.39, 0.29) is 12.4 Å². The molecule has 0 saturated carbocycles. The number of halogens is 3. The highest BCUT2D eigenvalue weighted by Crippen LogP contribution is 2.34. The van der Waals surface area contributed by atoms with Gasteiger partial charge in [0.2, 0.25) is 0 Å². The largest absolute Gasteiger partial charge is 0.488 e. The van der Waals surface area contributed by atoms with Gasteiger partial charge in [0.1, 0.15) is 18.2 Å². The van der Waals surface area contributed by atoms with Crippen molar-refractivity contribution in [2.24, 2.45) is 0 Å². The average molecular weight is 366 g/mol. The van der Waals surface area contributed by atoms with E-state index >= 15 is 0 Å². The normalized spacial score (nSPS) is 10.8. The van der Waals surface area contributed by atoms with Crippen molar-refractivity contribution in [2.45, 2.75) is 6.61 Å². The smallest absolute Gasteiger partial charge is 0.134 e. The van der Waals surface area contributed by atoms with Crippen LogP contribution in [0, 0.1) is 5.82 Å².